The summed E-state index contributed by atoms with van der Waals surface area (Å²) in [6.45, 7) is 3.83. The zero-order chi connectivity index (χ0) is 13.4. The topological polar surface area (TPSA) is 33.2 Å². The molecule has 3 nitrogen and oxygen atoms in total. The number of pyridine rings is 1. The summed E-state index contributed by atoms with van der Waals surface area (Å²) in [5, 5.41) is 2.16. The number of benzene rings is 1. The first-order valence-corrected chi connectivity index (χ1v) is 6.87. The number of fused-ring (bicyclic) bond motifs is 1. The van der Waals surface area contributed by atoms with E-state index in [0.29, 0.717) is 16.6 Å². The van der Waals surface area contributed by atoms with Crippen molar-refractivity contribution in [3.8, 4) is 0 Å². The van der Waals surface area contributed by atoms with Crippen molar-refractivity contribution in [1.29, 1.82) is 0 Å². The third kappa shape index (κ3) is 2.19. The molecule has 0 bridgehead atoms. The molecular formula is C15H15ClN2O. The number of rotatable bonds is 1. The Morgan fingerprint density at radius 2 is 2.11 bits per heavy atom. The van der Waals surface area contributed by atoms with Crippen LogP contribution < -0.4 is 0 Å². The first-order chi connectivity index (χ1) is 9.16. The Balaban J connectivity index is 2.06. The van der Waals surface area contributed by atoms with Crippen molar-refractivity contribution in [3.63, 3.8) is 0 Å². The highest BCUT2D eigenvalue weighted by molar-refractivity contribution is 6.34. The molecule has 1 aromatic heterocycles. The molecule has 1 unspecified atom stereocenters. The summed E-state index contributed by atoms with van der Waals surface area (Å²) >= 11 is 6.08. The summed E-state index contributed by atoms with van der Waals surface area (Å²) in [6, 6.07) is 7.65. The molecule has 1 amide bonds. The van der Waals surface area contributed by atoms with E-state index in [4.69, 9.17) is 11.6 Å². The molecule has 0 radical (unpaired) electrons. The first-order valence-electron chi connectivity index (χ1n) is 6.49. The van der Waals surface area contributed by atoms with Crippen LogP contribution in [0.3, 0.4) is 0 Å². The molecule has 0 N–H and O–H groups in total. The Morgan fingerprint density at radius 3 is 2.79 bits per heavy atom. The molecule has 1 aliphatic heterocycles. The van der Waals surface area contributed by atoms with Crippen LogP contribution >= 0.6 is 11.6 Å². The first kappa shape index (κ1) is 12.4. The highest BCUT2D eigenvalue weighted by Crippen LogP contribution is 2.26. The lowest BCUT2D eigenvalue weighted by Gasteiger charge is -2.17. The van der Waals surface area contributed by atoms with Gasteiger partial charge in [-0.3, -0.25) is 4.79 Å². The van der Waals surface area contributed by atoms with Crippen molar-refractivity contribution in [2.75, 3.05) is 13.1 Å². The number of hydrogen-bond acceptors (Lipinski definition) is 2. The Morgan fingerprint density at radius 1 is 1.37 bits per heavy atom. The van der Waals surface area contributed by atoms with E-state index in [-0.39, 0.29) is 5.91 Å². The largest absolute Gasteiger partial charge is 0.338 e. The van der Waals surface area contributed by atoms with Crippen molar-refractivity contribution in [3.05, 3.63) is 41.2 Å². The molecule has 19 heavy (non-hydrogen) atoms. The quantitative estimate of drug-likeness (QED) is 0.747. The molecule has 0 spiro atoms. The molecular weight excluding hydrogens is 260 g/mol. The Labute approximate surface area is 117 Å². The average Bonchev–Trinajstić information content (AvgIpc) is 2.86. The van der Waals surface area contributed by atoms with Crippen LogP contribution in [0.2, 0.25) is 5.15 Å². The summed E-state index contributed by atoms with van der Waals surface area (Å²) in [7, 11) is 0. The lowest BCUT2D eigenvalue weighted by atomic mass is 10.1. The zero-order valence-electron chi connectivity index (χ0n) is 10.8. The van der Waals surface area contributed by atoms with Gasteiger partial charge in [-0.15, -0.1) is 0 Å². The van der Waals surface area contributed by atoms with Crippen molar-refractivity contribution in [1.82, 2.24) is 9.88 Å². The van der Waals surface area contributed by atoms with Crippen LogP contribution in [0.15, 0.2) is 30.5 Å². The lowest BCUT2D eigenvalue weighted by molar-refractivity contribution is 0.0789. The molecule has 1 atom stereocenters. The smallest absolute Gasteiger partial charge is 0.256 e. The van der Waals surface area contributed by atoms with Gasteiger partial charge in [0.05, 0.1) is 5.56 Å². The number of likely N-dealkylation sites (tertiary alicyclic amines) is 1. The van der Waals surface area contributed by atoms with Gasteiger partial charge in [0.25, 0.3) is 5.91 Å². The lowest BCUT2D eigenvalue weighted by Crippen LogP contribution is -2.28. The normalized spacial score (nSPS) is 19.1. The van der Waals surface area contributed by atoms with Crippen LogP contribution in [0.4, 0.5) is 0 Å². The predicted octanol–water partition coefficient (Wildman–Crippen LogP) is 3.37. The van der Waals surface area contributed by atoms with E-state index in [1.807, 2.05) is 29.2 Å². The minimum atomic E-state index is 0.0599. The second kappa shape index (κ2) is 4.82. The number of aromatic nitrogens is 1. The van der Waals surface area contributed by atoms with Gasteiger partial charge in [0.2, 0.25) is 0 Å². The fourth-order valence-electron chi connectivity index (χ4n) is 2.62. The van der Waals surface area contributed by atoms with Gasteiger partial charge in [0, 0.05) is 24.7 Å². The highest BCUT2D eigenvalue weighted by atomic mass is 35.5. The predicted molar refractivity (Wildman–Crippen MR) is 76.4 cm³/mol. The molecule has 3 rings (SSSR count). The van der Waals surface area contributed by atoms with Crippen LogP contribution in [0, 0.1) is 5.92 Å². The Kier molecular flexibility index (Phi) is 3.15. The summed E-state index contributed by atoms with van der Waals surface area (Å²) in [6.07, 6.45) is 2.67. The van der Waals surface area contributed by atoms with Crippen LogP contribution in [-0.4, -0.2) is 28.9 Å². The highest BCUT2D eigenvalue weighted by Gasteiger charge is 2.25. The number of halogens is 1. The van der Waals surface area contributed by atoms with Crippen LogP contribution in [0.5, 0.6) is 0 Å². The van der Waals surface area contributed by atoms with Gasteiger partial charge >= 0.3 is 0 Å². The van der Waals surface area contributed by atoms with E-state index in [9.17, 15) is 4.79 Å². The Hall–Kier alpha value is -1.61. The van der Waals surface area contributed by atoms with Crippen molar-refractivity contribution >= 4 is 28.3 Å². The van der Waals surface area contributed by atoms with Gasteiger partial charge in [0.1, 0.15) is 5.15 Å². The summed E-state index contributed by atoms with van der Waals surface area (Å²) < 4.78 is 0. The van der Waals surface area contributed by atoms with Gasteiger partial charge < -0.3 is 4.90 Å². The number of nitrogens with zero attached hydrogens (tertiary/aromatic N) is 2. The number of carbonyl (C=O) groups excluding carboxylic acids is 1. The number of carbonyl (C=O) groups is 1. The summed E-state index contributed by atoms with van der Waals surface area (Å²) in [5.74, 6) is 0.639. The molecule has 2 aromatic rings. The number of amides is 1. The zero-order valence-corrected chi connectivity index (χ0v) is 11.5. The van der Waals surface area contributed by atoms with E-state index in [0.717, 1.165) is 30.3 Å². The van der Waals surface area contributed by atoms with E-state index < -0.39 is 0 Å². The molecule has 1 aliphatic rings. The molecule has 0 saturated carbocycles. The minimum Gasteiger partial charge on any atom is -0.338 e. The van der Waals surface area contributed by atoms with Crippen LogP contribution in [0.25, 0.3) is 10.8 Å². The second-order valence-corrected chi connectivity index (χ2v) is 5.51. The fourth-order valence-corrected chi connectivity index (χ4v) is 2.83. The van der Waals surface area contributed by atoms with Gasteiger partial charge in [-0.1, -0.05) is 42.8 Å². The van der Waals surface area contributed by atoms with Gasteiger partial charge in [0.15, 0.2) is 0 Å². The second-order valence-electron chi connectivity index (χ2n) is 5.15. The van der Waals surface area contributed by atoms with E-state index in [1.165, 1.54) is 0 Å². The third-order valence-corrected chi connectivity index (χ3v) is 3.99. The molecule has 98 valence electrons. The standard InChI is InChI=1S/C15H15ClN2O/c1-10-6-7-18(9-10)15(19)13-8-17-14(16)12-5-3-2-4-11(12)13/h2-5,8,10H,6-7,9H2,1H3. The van der Waals surface area contributed by atoms with Crippen LogP contribution in [0.1, 0.15) is 23.7 Å². The van der Waals surface area contributed by atoms with Gasteiger partial charge in [-0.2, -0.15) is 0 Å². The van der Waals surface area contributed by atoms with E-state index in [1.54, 1.807) is 6.20 Å². The van der Waals surface area contributed by atoms with Crippen LogP contribution in [-0.2, 0) is 0 Å². The van der Waals surface area contributed by atoms with Gasteiger partial charge in [-0.25, -0.2) is 4.98 Å². The molecule has 1 saturated heterocycles. The van der Waals surface area contributed by atoms with E-state index >= 15 is 0 Å². The average molecular weight is 275 g/mol. The SMILES string of the molecule is CC1CCN(C(=O)c2cnc(Cl)c3ccccc23)C1. The monoisotopic (exact) mass is 274 g/mol. The maximum Gasteiger partial charge on any atom is 0.256 e. The van der Waals surface area contributed by atoms with Crippen molar-refractivity contribution in [2.24, 2.45) is 5.92 Å². The summed E-state index contributed by atoms with van der Waals surface area (Å²) in [4.78, 5) is 18.6. The van der Waals surface area contributed by atoms with Crippen molar-refractivity contribution in [2.45, 2.75) is 13.3 Å². The third-order valence-electron chi connectivity index (χ3n) is 3.69. The van der Waals surface area contributed by atoms with Crippen molar-refractivity contribution < 1.29 is 4.79 Å². The molecule has 4 heteroatoms. The summed E-state index contributed by atoms with van der Waals surface area (Å²) in [5.41, 5.74) is 0.647. The number of hydrogen-bond donors (Lipinski definition) is 0. The molecule has 2 heterocycles. The molecule has 0 aliphatic carbocycles. The fraction of sp³-hybridized carbons (Fsp3) is 0.333. The minimum absolute atomic E-state index is 0.0599. The van der Waals surface area contributed by atoms with E-state index in [2.05, 4.69) is 11.9 Å². The maximum atomic E-state index is 12.6. The molecule has 1 fully saturated rings. The van der Waals surface area contributed by atoms with Gasteiger partial charge in [-0.05, 0) is 17.7 Å². The molecule has 1 aromatic carbocycles. The maximum absolute atomic E-state index is 12.6. The Bertz CT molecular complexity index is 641.